The van der Waals surface area contributed by atoms with Crippen molar-refractivity contribution in [2.75, 3.05) is 12.4 Å². The minimum Gasteiger partial charge on any atom is -0.507 e. The van der Waals surface area contributed by atoms with Crippen molar-refractivity contribution in [3.8, 4) is 11.5 Å². The molecule has 1 unspecified atom stereocenters. The average molecular weight is 312 g/mol. The number of aromatic hydroxyl groups is 1. The van der Waals surface area contributed by atoms with Crippen LogP contribution in [0.3, 0.4) is 0 Å². The van der Waals surface area contributed by atoms with Gasteiger partial charge >= 0.3 is 0 Å². The Morgan fingerprint density at radius 1 is 1.10 bits per heavy atom. The molecule has 0 fully saturated rings. The molecule has 2 aromatic rings. The highest BCUT2D eigenvalue weighted by Crippen LogP contribution is 2.32. The second-order valence-corrected chi connectivity index (χ2v) is 5.23. The number of phenolic OH excluding ortho intramolecular Hbond substituents is 1. The van der Waals surface area contributed by atoms with Gasteiger partial charge in [0.05, 0.1) is 23.2 Å². The molecule has 2 aromatic carbocycles. The smallest absolute Gasteiger partial charge is 0.124 e. The lowest BCUT2D eigenvalue weighted by Crippen LogP contribution is -2.06. The molecule has 0 radical (unpaired) electrons. The van der Waals surface area contributed by atoms with E-state index in [-0.39, 0.29) is 11.8 Å². The predicted molar refractivity (Wildman–Crippen MR) is 83.2 cm³/mol. The van der Waals surface area contributed by atoms with E-state index < -0.39 is 0 Å². The maximum Gasteiger partial charge on any atom is 0.124 e. The SMILES string of the molecule is COc1ccc(C(C)Nc2ccc(Cl)c(Cl)c2)c(O)c1. The molecular formula is C15H15Cl2NO2. The highest BCUT2D eigenvalue weighted by atomic mass is 35.5. The Balaban J connectivity index is 2.19. The fourth-order valence-electron chi connectivity index (χ4n) is 1.93. The highest BCUT2D eigenvalue weighted by molar-refractivity contribution is 6.42. The van der Waals surface area contributed by atoms with E-state index in [4.69, 9.17) is 27.9 Å². The molecule has 2 N–H and O–H groups in total. The fraction of sp³-hybridized carbons (Fsp3) is 0.200. The van der Waals surface area contributed by atoms with Crippen LogP contribution in [0.2, 0.25) is 10.0 Å². The van der Waals surface area contributed by atoms with Crippen LogP contribution in [-0.2, 0) is 0 Å². The van der Waals surface area contributed by atoms with Gasteiger partial charge in [0.25, 0.3) is 0 Å². The van der Waals surface area contributed by atoms with Gasteiger partial charge < -0.3 is 15.2 Å². The van der Waals surface area contributed by atoms with Gasteiger partial charge in [-0.2, -0.15) is 0 Å². The first-order valence-electron chi connectivity index (χ1n) is 6.09. The number of hydrogen-bond acceptors (Lipinski definition) is 3. The molecule has 0 heterocycles. The van der Waals surface area contributed by atoms with Crippen LogP contribution in [0.4, 0.5) is 5.69 Å². The van der Waals surface area contributed by atoms with Gasteiger partial charge in [0, 0.05) is 17.3 Å². The minimum atomic E-state index is -0.0850. The number of rotatable bonds is 4. The van der Waals surface area contributed by atoms with E-state index in [1.54, 1.807) is 25.3 Å². The monoisotopic (exact) mass is 311 g/mol. The molecule has 0 saturated carbocycles. The van der Waals surface area contributed by atoms with Crippen LogP contribution >= 0.6 is 23.2 Å². The van der Waals surface area contributed by atoms with Gasteiger partial charge in [0.1, 0.15) is 11.5 Å². The molecule has 20 heavy (non-hydrogen) atoms. The number of methoxy groups -OCH3 is 1. The van der Waals surface area contributed by atoms with E-state index in [9.17, 15) is 5.11 Å². The van der Waals surface area contributed by atoms with Crippen LogP contribution in [0.1, 0.15) is 18.5 Å². The number of nitrogens with one attached hydrogen (secondary N) is 1. The van der Waals surface area contributed by atoms with E-state index >= 15 is 0 Å². The summed E-state index contributed by atoms with van der Waals surface area (Å²) in [4.78, 5) is 0. The lowest BCUT2D eigenvalue weighted by molar-refractivity contribution is 0.406. The molecule has 0 spiro atoms. The molecule has 0 amide bonds. The van der Waals surface area contributed by atoms with Gasteiger partial charge in [0.15, 0.2) is 0 Å². The van der Waals surface area contributed by atoms with Gasteiger partial charge in [-0.3, -0.25) is 0 Å². The number of benzene rings is 2. The molecule has 106 valence electrons. The molecule has 0 saturated heterocycles. The lowest BCUT2D eigenvalue weighted by atomic mass is 10.1. The second kappa shape index (κ2) is 6.25. The zero-order chi connectivity index (χ0) is 14.7. The van der Waals surface area contributed by atoms with Crippen molar-refractivity contribution in [2.24, 2.45) is 0 Å². The molecule has 0 aliphatic rings. The molecule has 0 aliphatic carbocycles. The Bertz CT molecular complexity index is 617. The minimum absolute atomic E-state index is 0.0850. The van der Waals surface area contributed by atoms with Crippen LogP contribution in [0.5, 0.6) is 11.5 Å². The molecule has 5 heteroatoms. The van der Waals surface area contributed by atoms with Crippen molar-refractivity contribution in [1.29, 1.82) is 0 Å². The van der Waals surface area contributed by atoms with E-state index in [1.807, 2.05) is 25.1 Å². The van der Waals surface area contributed by atoms with E-state index in [1.165, 1.54) is 0 Å². The number of halogens is 2. The summed E-state index contributed by atoms with van der Waals surface area (Å²) < 4.78 is 5.06. The number of anilines is 1. The van der Waals surface area contributed by atoms with Crippen molar-refractivity contribution in [2.45, 2.75) is 13.0 Å². The Labute approximate surface area is 128 Å². The highest BCUT2D eigenvalue weighted by Gasteiger charge is 2.11. The summed E-state index contributed by atoms with van der Waals surface area (Å²) in [6.07, 6.45) is 0. The van der Waals surface area contributed by atoms with Gasteiger partial charge in [-0.15, -0.1) is 0 Å². The first-order chi connectivity index (χ1) is 9.51. The molecular weight excluding hydrogens is 297 g/mol. The summed E-state index contributed by atoms with van der Waals surface area (Å²) in [6.45, 7) is 1.95. The Kier molecular flexibility index (Phi) is 4.63. The zero-order valence-corrected chi connectivity index (χ0v) is 12.7. The van der Waals surface area contributed by atoms with E-state index in [0.29, 0.717) is 15.8 Å². The number of ether oxygens (including phenoxy) is 1. The van der Waals surface area contributed by atoms with Crippen molar-refractivity contribution in [3.05, 3.63) is 52.0 Å². The van der Waals surface area contributed by atoms with Crippen LogP contribution < -0.4 is 10.1 Å². The third-order valence-electron chi connectivity index (χ3n) is 3.01. The Hall–Kier alpha value is -1.58. The first kappa shape index (κ1) is 14.8. The lowest BCUT2D eigenvalue weighted by Gasteiger charge is -2.17. The van der Waals surface area contributed by atoms with Crippen LogP contribution in [0.25, 0.3) is 0 Å². The zero-order valence-electron chi connectivity index (χ0n) is 11.2. The Morgan fingerprint density at radius 2 is 1.85 bits per heavy atom. The van der Waals surface area contributed by atoms with Gasteiger partial charge in [0.2, 0.25) is 0 Å². The van der Waals surface area contributed by atoms with Gasteiger partial charge in [-0.25, -0.2) is 0 Å². The molecule has 2 rings (SSSR count). The predicted octanol–water partition coefficient (Wildman–Crippen LogP) is 4.88. The second-order valence-electron chi connectivity index (χ2n) is 4.42. The molecule has 3 nitrogen and oxygen atoms in total. The van der Waals surface area contributed by atoms with Gasteiger partial charge in [-0.05, 0) is 37.3 Å². The normalized spacial score (nSPS) is 12.0. The summed E-state index contributed by atoms with van der Waals surface area (Å²) >= 11 is 11.9. The third-order valence-corrected chi connectivity index (χ3v) is 3.75. The van der Waals surface area contributed by atoms with Crippen LogP contribution in [0.15, 0.2) is 36.4 Å². The summed E-state index contributed by atoms with van der Waals surface area (Å²) in [7, 11) is 1.56. The standard InChI is InChI=1S/C15H15Cl2NO2/c1-9(12-5-4-11(20-2)8-15(12)19)18-10-3-6-13(16)14(17)7-10/h3-9,18-19H,1-2H3. The average Bonchev–Trinajstić information content (AvgIpc) is 2.42. The molecule has 1 atom stereocenters. The van der Waals surface area contributed by atoms with Gasteiger partial charge in [-0.1, -0.05) is 23.2 Å². The summed E-state index contributed by atoms with van der Waals surface area (Å²) in [5.74, 6) is 0.803. The first-order valence-corrected chi connectivity index (χ1v) is 6.85. The molecule has 0 bridgehead atoms. The van der Waals surface area contributed by atoms with Crippen LogP contribution in [-0.4, -0.2) is 12.2 Å². The van der Waals surface area contributed by atoms with Crippen molar-refractivity contribution < 1.29 is 9.84 Å². The van der Waals surface area contributed by atoms with Crippen molar-refractivity contribution in [3.63, 3.8) is 0 Å². The molecule has 0 aliphatic heterocycles. The summed E-state index contributed by atoms with van der Waals surface area (Å²) in [5.41, 5.74) is 1.61. The van der Waals surface area contributed by atoms with Crippen molar-refractivity contribution >= 4 is 28.9 Å². The topological polar surface area (TPSA) is 41.5 Å². The third kappa shape index (κ3) is 3.30. The fourth-order valence-corrected chi connectivity index (χ4v) is 2.23. The quantitative estimate of drug-likeness (QED) is 0.845. The largest absolute Gasteiger partial charge is 0.507 e. The maximum atomic E-state index is 10.0. The number of phenols is 1. The summed E-state index contributed by atoms with van der Waals surface area (Å²) in [6, 6.07) is 10.4. The Morgan fingerprint density at radius 3 is 2.45 bits per heavy atom. The van der Waals surface area contributed by atoms with E-state index in [2.05, 4.69) is 5.32 Å². The van der Waals surface area contributed by atoms with Crippen molar-refractivity contribution in [1.82, 2.24) is 0 Å². The summed E-state index contributed by atoms with van der Waals surface area (Å²) in [5, 5.41) is 14.3. The van der Waals surface area contributed by atoms with Crippen LogP contribution in [0, 0.1) is 0 Å². The maximum absolute atomic E-state index is 10.0. The van der Waals surface area contributed by atoms with E-state index in [0.717, 1.165) is 11.3 Å². The number of hydrogen-bond donors (Lipinski definition) is 2. The molecule has 0 aromatic heterocycles.